The van der Waals surface area contributed by atoms with Crippen LogP contribution in [0, 0.1) is 6.92 Å². The summed E-state index contributed by atoms with van der Waals surface area (Å²) in [6, 6.07) is 15.6. The molecule has 0 saturated carbocycles. The molecule has 0 fully saturated rings. The summed E-state index contributed by atoms with van der Waals surface area (Å²) in [7, 11) is 0. The van der Waals surface area contributed by atoms with Crippen LogP contribution >= 0.6 is 0 Å². The number of hydrogen-bond donors (Lipinski definition) is 1. The van der Waals surface area contributed by atoms with Crippen LogP contribution in [-0.4, -0.2) is 15.7 Å². The predicted molar refractivity (Wildman–Crippen MR) is 100 cm³/mol. The first-order valence-corrected chi connectivity index (χ1v) is 8.84. The molecule has 1 aromatic heterocycles. The summed E-state index contributed by atoms with van der Waals surface area (Å²) in [6.45, 7) is 2.25. The summed E-state index contributed by atoms with van der Waals surface area (Å²) >= 11 is 0. The number of nitrogens with one attached hydrogen (secondary N) is 1. The van der Waals surface area contributed by atoms with Gasteiger partial charge in [0.25, 0.3) is 5.91 Å². The maximum absolute atomic E-state index is 12.4. The second kappa shape index (κ2) is 7.04. The zero-order valence-corrected chi connectivity index (χ0v) is 14.7. The van der Waals surface area contributed by atoms with E-state index >= 15 is 0 Å². The number of carbonyl (C=O) groups excluding carboxylic acids is 1. The molecule has 1 amide bonds. The molecule has 5 heteroatoms. The molecule has 1 aliphatic carbocycles. The lowest BCUT2D eigenvalue weighted by atomic mass is 10.1. The van der Waals surface area contributed by atoms with Crippen molar-refractivity contribution in [3.8, 4) is 5.75 Å². The molecular weight excluding hydrogens is 326 g/mol. The third-order valence-corrected chi connectivity index (χ3v) is 4.68. The molecule has 5 nitrogen and oxygen atoms in total. The molecule has 0 spiro atoms. The van der Waals surface area contributed by atoms with Crippen LogP contribution in [0.25, 0.3) is 0 Å². The van der Waals surface area contributed by atoms with E-state index < -0.39 is 0 Å². The molecule has 1 N–H and O–H groups in total. The van der Waals surface area contributed by atoms with Crippen molar-refractivity contribution < 1.29 is 9.53 Å². The highest BCUT2D eigenvalue weighted by molar-refractivity contribution is 6.02. The minimum Gasteiger partial charge on any atom is -0.471 e. The van der Waals surface area contributed by atoms with E-state index in [1.165, 1.54) is 17.5 Å². The molecule has 26 heavy (non-hydrogen) atoms. The topological polar surface area (TPSA) is 56.1 Å². The van der Waals surface area contributed by atoms with Gasteiger partial charge in [-0.05, 0) is 67.1 Å². The van der Waals surface area contributed by atoms with Crippen molar-refractivity contribution in [2.45, 2.75) is 32.9 Å². The Hall–Kier alpha value is -3.08. The van der Waals surface area contributed by atoms with Crippen molar-refractivity contribution in [2.24, 2.45) is 0 Å². The smallest absolute Gasteiger partial charge is 0.276 e. The van der Waals surface area contributed by atoms with Gasteiger partial charge in [-0.25, -0.2) is 4.68 Å². The Balaban J connectivity index is 1.39. The van der Waals surface area contributed by atoms with Crippen LogP contribution in [0.1, 0.15) is 33.6 Å². The highest BCUT2D eigenvalue weighted by Gasteiger charge is 2.14. The van der Waals surface area contributed by atoms with Crippen LogP contribution in [0.15, 0.2) is 54.7 Å². The molecule has 0 radical (unpaired) electrons. The zero-order valence-electron chi connectivity index (χ0n) is 14.7. The second-order valence-corrected chi connectivity index (χ2v) is 6.57. The molecule has 4 rings (SSSR count). The maximum atomic E-state index is 12.4. The van der Waals surface area contributed by atoms with Crippen LogP contribution in [-0.2, 0) is 19.6 Å². The largest absolute Gasteiger partial charge is 0.471 e. The Morgan fingerprint density at radius 3 is 2.88 bits per heavy atom. The van der Waals surface area contributed by atoms with Crippen molar-refractivity contribution in [2.75, 3.05) is 5.32 Å². The monoisotopic (exact) mass is 347 g/mol. The maximum Gasteiger partial charge on any atom is 0.276 e. The summed E-state index contributed by atoms with van der Waals surface area (Å²) < 4.78 is 7.37. The molecule has 0 atom stereocenters. The number of aromatic nitrogens is 2. The molecular formula is C21H21N3O2. The Morgan fingerprint density at radius 1 is 1.15 bits per heavy atom. The van der Waals surface area contributed by atoms with Gasteiger partial charge in [-0.3, -0.25) is 4.79 Å². The van der Waals surface area contributed by atoms with Crippen LogP contribution < -0.4 is 10.1 Å². The summed E-state index contributed by atoms with van der Waals surface area (Å²) in [4.78, 5) is 12.4. The summed E-state index contributed by atoms with van der Waals surface area (Å²) in [5.41, 5.74) is 4.98. The molecule has 0 bridgehead atoms. The summed E-state index contributed by atoms with van der Waals surface area (Å²) in [5, 5.41) is 7.23. The molecule has 0 saturated heterocycles. The number of ether oxygens (including phenoxy) is 1. The van der Waals surface area contributed by atoms with Crippen LogP contribution in [0.3, 0.4) is 0 Å². The van der Waals surface area contributed by atoms with Gasteiger partial charge in [-0.1, -0.05) is 24.3 Å². The lowest BCUT2D eigenvalue weighted by Crippen LogP contribution is -2.14. The normalized spacial score (nSPS) is 12.7. The van der Waals surface area contributed by atoms with Crippen LogP contribution in [0.4, 0.5) is 5.69 Å². The molecule has 1 aliphatic rings. The number of para-hydroxylation sites is 1. The van der Waals surface area contributed by atoms with Gasteiger partial charge in [0.1, 0.15) is 5.75 Å². The fourth-order valence-electron chi connectivity index (χ4n) is 3.25. The quantitative estimate of drug-likeness (QED) is 0.760. The number of aryl methyl sites for hydroxylation is 3. The predicted octanol–water partition coefficient (Wildman–Crippen LogP) is 3.97. The van der Waals surface area contributed by atoms with Crippen molar-refractivity contribution in [3.63, 3.8) is 0 Å². The number of amides is 1. The highest BCUT2D eigenvalue weighted by atomic mass is 16.5. The van der Waals surface area contributed by atoms with E-state index in [9.17, 15) is 4.79 Å². The first-order chi connectivity index (χ1) is 12.7. The molecule has 1 heterocycles. The fraction of sp³-hybridized carbons (Fsp3) is 0.238. The number of nitrogens with zero attached hydrogens (tertiary/aromatic N) is 2. The second-order valence-electron chi connectivity index (χ2n) is 6.57. The standard InChI is InChI=1S/C21H21N3O2/c1-15-5-2-3-8-20(15)26-14-24-12-11-19(23-24)21(25)22-18-10-9-16-6-4-7-17(16)13-18/h2-3,5,8-13H,4,6-7,14H2,1H3,(H,22,25). The van der Waals surface area contributed by atoms with E-state index in [-0.39, 0.29) is 12.6 Å². The lowest BCUT2D eigenvalue weighted by Gasteiger charge is -2.08. The molecule has 3 aromatic rings. The van der Waals surface area contributed by atoms with E-state index in [0.717, 1.165) is 29.8 Å². The van der Waals surface area contributed by atoms with Crippen molar-refractivity contribution in [1.82, 2.24) is 9.78 Å². The minimum absolute atomic E-state index is 0.211. The molecule has 132 valence electrons. The Bertz CT molecular complexity index is 946. The van der Waals surface area contributed by atoms with E-state index in [1.54, 1.807) is 16.9 Å². The van der Waals surface area contributed by atoms with E-state index in [0.29, 0.717) is 5.69 Å². The van der Waals surface area contributed by atoms with Gasteiger partial charge in [-0.15, -0.1) is 0 Å². The first-order valence-electron chi connectivity index (χ1n) is 8.84. The Labute approximate surface area is 152 Å². The Morgan fingerprint density at radius 2 is 2.00 bits per heavy atom. The van der Waals surface area contributed by atoms with Gasteiger partial charge < -0.3 is 10.1 Å². The van der Waals surface area contributed by atoms with Crippen molar-refractivity contribution in [1.29, 1.82) is 0 Å². The lowest BCUT2D eigenvalue weighted by molar-refractivity contribution is 0.102. The average Bonchev–Trinajstić information content (AvgIpc) is 3.30. The zero-order chi connectivity index (χ0) is 17.9. The minimum atomic E-state index is -0.211. The number of hydrogen-bond acceptors (Lipinski definition) is 3. The Kier molecular flexibility index (Phi) is 4.44. The number of fused-ring (bicyclic) bond motifs is 1. The first kappa shape index (κ1) is 16.4. The van der Waals surface area contributed by atoms with Gasteiger partial charge in [-0.2, -0.15) is 5.10 Å². The number of carbonyl (C=O) groups is 1. The SMILES string of the molecule is Cc1ccccc1OCn1ccc(C(=O)Nc2ccc3c(c2)CCC3)n1. The van der Waals surface area contributed by atoms with Gasteiger partial charge in [0, 0.05) is 11.9 Å². The van der Waals surface area contributed by atoms with E-state index in [2.05, 4.69) is 22.5 Å². The van der Waals surface area contributed by atoms with Gasteiger partial charge in [0.05, 0.1) is 0 Å². The van der Waals surface area contributed by atoms with Crippen molar-refractivity contribution in [3.05, 3.63) is 77.1 Å². The average molecular weight is 347 g/mol. The van der Waals surface area contributed by atoms with Crippen LogP contribution in [0.2, 0.25) is 0 Å². The molecule has 0 unspecified atom stereocenters. The molecule has 0 aliphatic heterocycles. The number of anilines is 1. The summed E-state index contributed by atoms with van der Waals surface area (Å²) in [5.74, 6) is 0.602. The van der Waals surface area contributed by atoms with E-state index in [4.69, 9.17) is 4.74 Å². The molecule has 2 aromatic carbocycles. The third kappa shape index (κ3) is 3.47. The highest BCUT2D eigenvalue weighted by Crippen LogP contribution is 2.25. The van der Waals surface area contributed by atoms with Gasteiger partial charge in [0.15, 0.2) is 12.4 Å². The number of benzene rings is 2. The van der Waals surface area contributed by atoms with E-state index in [1.807, 2.05) is 37.3 Å². The number of rotatable bonds is 5. The van der Waals surface area contributed by atoms with Crippen LogP contribution in [0.5, 0.6) is 5.75 Å². The van der Waals surface area contributed by atoms with Crippen molar-refractivity contribution >= 4 is 11.6 Å². The fourth-order valence-corrected chi connectivity index (χ4v) is 3.25. The summed E-state index contributed by atoms with van der Waals surface area (Å²) in [6.07, 6.45) is 5.16. The third-order valence-electron chi connectivity index (χ3n) is 4.68. The van der Waals surface area contributed by atoms with Gasteiger partial charge in [0.2, 0.25) is 0 Å². The van der Waals surface area contributed by atoms with Gasteiger partial charge >= 0.3 is 0 Å².